The molecule has 2 nitrogen and oxygen atoms in total. The second-order valence-corrected chi connectivity index (χ2v) is 5.71. The Morgan fingerprint density at radius 3 is 2.45 bits per heavy atom. The molecule has 1 aromatic carbocycles. The summed E-state index contributed by atoms with van der Waals surface area (Å²) < 4.78 is 6.17. The van der Waals surface area contributed by atoms with Crippen LogP contribution in [0.15, 0.2) is 45.7 Å². The van der Waals surface area contributed by atoms with Crippen molar-refractivity contribution in [2.45, 2.75) is 39.2 Å². The number of hydrogen-bond acceptors (Lipinski definition) is 2. The molecule has 0 saturated heterocycles. The van der Waals surface area contributed by atoms with E-state index >= 15 is 0 Å². The van der Waals surface area contributed by atoms with Gasteiger partial charge in [0.25, 0.3) is 0 Å². The van der Waals surface area contributed by atoms with Gasteiger partial charge >= 0.3 is 0 Å². The van der Waals surface area contributed by atoms with Crippen LogP contribution in [0, 0.1) is 0 Å². The van der Waals surface area contributed by atoms with Gasteiger partial charge < -0.3 is 9.73 Å². The third kappa shape index (κ3) is 3.74. The first kappa shape index (κ1) is 15.3. The van der Waals surface area contributed by atoms with E-state index < -0.39 is 0 Å². The first-order valence-corrected chi connectivity index (χ1v) is 8.10. The monoisotopic (exact) mass is 335 g/mol. The van der Waals surface area contributed by atoms with Crippen molar-refractivity contribution in [3.05, 3.63) is 58.0 Å². The molecule has 0 amide bonds. The Bertz CT molecular complexity index is 518. The van der Waals surface area contributed by atoms with Crippen molar-refractivity contribution in [2.24, 2.45) is 0 Å². The SMILES string of the molecule is CCCCc1ccc(C(NCC)c2ccoc2Br)cc1. The zero-order valence-corrected chi connectivity index (χ0v) is 13.7. The van der Waals surface area contributed by atoms with Gasteiger partial charge in [-0.15, -0.1) is 0 Å². The molecule has 0 bridgehead atoms. The van der Waals surface area contributed by atoms with Crippen LogP contribution in [0.3, 0.4) is 0 Å². The van der Waals surface area contributed by atoms with E-state index in [-0.39, 0.29) is 6.04 Å². The molecule has 0 aliphatic rings. The van der Waals surface area contributed by atoms with Crippen molar-refractivity contribution < 1.29 is 4.42 Å². The fraction of sp³-hybridized carbons (Fsp3) is 0.412. The lowest BCUT2D eigenvalue weighted by molar-refractivity contribution is 0.526. The molecule has 0 saturated carbocycles. The summed E-state index contributed by atoms with van der Waals surface area (Å²) in [5, 5.41) is 3.51. The van der Waals surface area contributed by atoms with Crippen LogP contribution in [0.5, 0.6) is 0 Å². The highest BCUT2D eigenvalue weighted by molar-refractivity contribution is 9.10. The summed E-state index contributed by atoms with van der Waals surface area (Å²) in [4.78, 5) is 0. The fourth-order valence-electron chi connectivity index (χ4n) is 2.38. The molecule has 0 aliphatic heterocycles. The number of aryl methyl sites for hydroxylation is 1. The normalized spacial score (nSPS) is 12.6. The maximum atomic E-state index is 5.37. The Balaban J connectivity index is 2.19. The maximum Gasteiger partial charge on any atom is 0.174 e. The van der Waals surface area contributed by atoms with Gasteiger partial charge in [-0.2, -0.15) is 0 Å². The lowest BCUT2D eigenvalue weighted by Crippen LogP contribution is -2.21. The summed E-state index contributed by atoms with van der Waals surface area (Å²) >= 11 is 3.48. The lowest BCUT2D eigenvalue weighted by atomic mass is 9.98. The zero-order chi connectivity index (χ0) is 14.4. The van der Waals surface area contributed by atoms with E-state index in [1.54, 1.807) is 6.26 Å². The average Bonchev–Trinajstić information content (AvgIpc) is 2.89. The van der Waals surface area contributed by atoms with E-state index in [1.165, 1.54) is 24.0 Å². The number of hydrogen-bond donors (Lipinski definition) is 1. The van der Waals surface area contributed by atoms with Gasteiger partial charge in [0, 0.05) is 5.56 Å². The van der Waals surface area contributed by atoms with Crippen molar-refractivity contribution in [3.63, 3.8) is 0 Å². The van der Waals surface area contributed by atoms with Gasteiger partial charge in [0.1, 0.15) is 0 Å². The molecule has 1 N–H and O–H groups in total. The van der Waals surface area contributed by atoms with Crippen LogP contribution in [0.2, 0.25) is 0 Å². The molecule has 2 rings (SSSR count). The largest absolute Gasteiger partial charge is 0.457 e. The number of rotatable bonds is 7. The number of furan rings is 1. The van der Waals surface area contributed by atoms with Gasteiger partial charge in [0.05, 0.1) is 12.3 Å². The topological polar surface area (TPSA) is 25.2 Å². The van der Waals surface area contributed by atoms with E-state index in [0.29, 0.717) is 0 Å². The molecule has 0 radical (unpaired) electrons. The third-order valence-corrected chi connectivity index (χ3v) is 4.14. The predicted octanol–water partition coefficient (Wildman–Crippen LogP) is 5.08. The van der Waals surface area contributed by atoms with Crippen LogP contribution in [0.25, 0.3) is 0 Å². The molecule has 0 aliphatic carbocycles. The van der Waals surface area contributed by atoms with Crippen LogP contribution < -0.4 is 5.32 Å². The molecule has 20 heavy (non-hydrogen) atoms. The fourth-order valence-corrected chi connectivity index (χ4v) is 2.85. The molecular weight excluding hydrogens is 314 g/mol. The van der Waals surface area contributed by atoms with Crippen LogP contribution in [-0.2, 0) is 6.42 Å². The van der Waals surface area contributed by atoms with E-state index in [4.69, 9.17) is 4.42 Å². The van der Waals surface area contributed by atoms with Crippen molar-refractivity contribution in [1.29, 1.82) is 0 Å². The lowest BCUT2D eigenvalue weighted by Gasteiger charge is -2.18. The molecule has 1 aromatic heterocycles. The van der Waals surface area contributed by atoms with Gasteiger partial charge in [-0.3, -0.25) is 0 Å². The van der Waals surface area contributed by atoms with Crippen molar-refractivity contribution in [1.82, 2.24) is 5.32 Å². The number of nitrogens with one attached hydrogen (secondary N) is 1. The van der Waals surface area contributed by atoms with Gasteiger partial charge in [-0.25, -0.2) is 0 Å². The predicted molar refractivity (Wildman–Crippen MR) is 87.0 cm³/mol. The van der Waals surface area contributed by atoms with Crippen molar-refractivity contribution >= 4 is 15.9 Å². The van der Waals surface area contributed by atoms with Crippen LogP contribution in [0.1, 0.15) is 49.4 Å². The number of unbranched alkanes of at least 4 members (excludes halogenated alkanes) is 1. The number of benzene rings is 1. The smallest absolute Gasteiger partial charge is 0.174 e. The molecule has 0 spiro atoms. The maximum absolute atomic E-state index is 5.37. The Morgan fingerprint density at radius 2 is 1.90 bits per heavy atom. The molecule has 1 heterocycles. The second-order valence-electron chi connectivity index (χ2n) is 4.99. The average molecular weight is 336 g/mol. The highest BCUT2D eigenvalue weighted by atomic mass is 79.9. The Morgan fingerprint density at radius 1 is 1.15 bits per heavy atom. The highest BCUT2D eigenvalue weighted by Gasteiger charge is 2.17. The summed E-state index contributed by atoms with van der Waals surface area (Å²) in [7, 11) is 0. The van der Waals surface area contributed by atoms with Crippen molar-refractivity contribution in [3.8, 4) is 0 Å². The second kappa shape index (κ2) is 7.65. The summed E-state index contributed by atoms with van der Waals surface area (Å²) in [5.74, 6) is 0. The van der Waals surface area contributed by atoms with Crippen LogP contribution in [0.4, 0.5) is 0 Å². The van der Waals surface area contributed by atoms with E-state index in [2.05, 4.69) is 59.4 Å². The number of halogens is 1. The Kier molecular flexibility index (Phi) is 5.86. The molecular formula is C17H22BrNO. The van der Waals surface area contributed by atoms with Gasteiger partial charge in [-0.1, -0.05) is 44.5 Å². The minimum atomic E-state index is 0.174. The van der Waals surface area contributed by atoms with Crippen LogP contribution >= 0.6 is 15.9 Å². The first-order chi connectivity index (χ1) is 9.76. The standard InChI is InChI=1S/C17H22BrNO/c1-3-5-6-13-7-9-14(10-8-13)16(19-4-2)15-11-12-20-17(15)18/h7-12,16,19H,3-6H2,1-2H3. The molecule has 1 unspecified atom stereocenters. The molecule has 1 atom stereocenters. The molecule has 0 fully saturated rings. The van der Waals surface area contributed by atoms with E-state index in [1.807, 2.05) is 6.07 Å². The summed E-state index contributed by atoms with van der Waals surface area (Å²) in [6.45, 7) is 5.27. The minimum absolute atomic E-state index is 0.174. The highest BCUT2D eigenvalue weighted by Crippen LogP contribution is 2.29. The summed E-state index contributed by atoms with van der Waals surface area (Å²) in [6.07, 6.45) is 5.38. The quantitative estimate of drug-likeness (QED) is 0.762. The molecule has 3 heteroatoms. The van der Waals surface area contributed by atoms with Crippen molar-refractivity contribution in [2.75, 3.05) is 6.54 Å². The van der Waals surface area contributed by atoms with E-state index in [0.717, 1.165) is 23.2 Å². The first-order valence-electron chi connectivity index (χ1n) is 7.31. The Hall–Kier alpha value is -1.06. The van der Waals surface area contributed by atoms with Gasteiger partial charge in [0.2, 0.25) is 0 Å². The Labute approximate surface area is 129 Å². The zero-order valence-electron chi connectivity index (χ0n) is 12.2. The van der Waals surface area contributed by atoms with Gasteiger partial charge in [-0.05, 0) is 52.5 Å². The summed E-state index contributed by atoms with van der Waals surface area (Å²) in [6, 6.07) is 11.1. The van der Waals surface area contributed by atoms with Gasteiger partial charge in [0.15, 0.2) is 4.67 Å². The molecule has 2 aromatic rings. The van der Waals surface area contributed by atoms with Crippen LogP contribution in [-0.4, -0.2) is 6.54 Å². The third-order valence-electron chi connectivity index (χ3n) is 3.50. The van der Waals surface area contributed by atoms with E-state index in [9.17, 15) is 0 Å². The molecule has 108 valence electrons. The summed E-state index contributed by atoms with van der Waals surface area (Å²) in [5.41, 5.74) is 3.83. The minimum Gasteiger partial charge on any atom is -0.457 e.